The fourth-order valence-corrected chi connectivity index (χ4v) is 5.85. The van der Waals surface area contributed by atoms with Crippen LogP contribution in [0.4, 0.5) is 0 Å². The van der Waals surface area contributed by atoms with E-state index in [-0.39, 0.29) is 0 Å². The van der Waals surface area contributed by atoms with Gasteiger partial charge < -0.3 is 5.32 Å². The molecule has 1 nitrogen and oxygen atoms in total. The van der Waals surface area contributed by atoms with Crippen molar-refractivity contribution in [1.82, 2.24) is 5.32 Å². The van der Waals surface area contributed by atoms with Crippen molar-refractivity contribution in [3.63, 3.8) is 0 Å². The van der Waals surface area contributed by atoms with Crippen LogP contribution < -0.4 is 5.32 Å². The van der Waals surface area contributed by atoms with E-state index < -0.39 is 0 Å². The van der Waals surface area contributed by atoms with Gasteiger partial charge >= 0.3 is 0 Å². The fourth-order valence-electron chi connectivity index (χ4n) is 4.57. The Labute approximate surface area is 111 Å². The van der Waals surface area contributed by atoms with Gasteiger partial charge in [0.05, 0.1) is 0 Å². The number of hydrogen-bond donors (Lipinski definition) is 1. The lowest BCUT2D eigenvalue weighted by atomic mass is 9.69. The number of rotatable bonds is 3. The minimum absolute atomic E-state index is 0.559. The van der Waals surface area contributed by atoms with Gasteiger partial charge in [-0.25, -0.2) is 0 Å². The van der Waals surface area contributed by atoms with Gasteiger partial charge in [0.1, 0.15) is 0 Å². The van der Waals surface area contributed by atoms with Crippen LogP contribution in [0.2, 0.25) is 0 Å². The molecule has 17 heavy (non-hydrogen) atoms. The van der Waals surface area contributed by atoms with Gasteiger partial charge in [0.25, 0.3) is 0 Å². The predicted molar refractivity (Wildman–Crippen MR) is 76.5 cm³/mol. The summed E-state index contributed by atoms with van der Waals surface area (Å²) in [5.41, 5.74) is 1.12. The zero-order valence-electron chi connectivity index (χ0n) is 11.6. The smallest absolute Gasteiger partial charge is 0.0129 e. The molecule has 1 heterocycles. The molecule has 0 aromatic carbocycles. The highest BCUT2D eigenvalue weighted by molar-refractivity contribution is 7.99. The number of hydrogen-bond acceptors (Lipinski definition) is 2. The number of nitrogens with one attached hydrogen (secondary N) is 1. The summed E-state index contributed by atoms with van der Waals surface area (Å²) >= 11 is 2.14. The Morgan fingerprint density at radius 3 is 2.59 bits per heavy atom. The molecule has 1 aliphatic heterocycles. The molecule has 3 rings (SSSR count). The SMILES string of the molecule is CC1(C)C2CCC1(C)C(NCC1CCSC1)C2. The normalized spacial score (nSPS) is 47.8. The van der Waals surface area contributed by atoms with E-state index in [9.17, 15) is 0 Å². The van der Waals surface area contributed by atoms with Crippen LogP contribution in [0.15, 0.2) is 0 Å². The van der Waals surface area contributed by atoms with Crippen molar-refractivity contribution in [2.24, 2.45) is 22.7 Å². The highest BCUT2D eigenvalue weighted by atomic mass is 32.2. The fraction of sp³-hybridized carbons (Fsp3) is 1.00. The third-order valence-corrected chi connectivity index (χ3v) is 7.70. The van der Waals surface area contributed by atoms with Gasteiger partial charge in [-0.05, 0) is 66.4 Å². The van der Waals surface area contributed by atoms with Crippen molar-refractivity contribution in [2.75, 3.05) is 18.1 Å². The Kier molecular flexibility index (Phi) is 3.02. The maximum absolute atomic E-state index is 3.94. The molecule has 3 aliphatic rings. The van der Waals surface area contributed by atoms with Crippen LogP contribution in [-0.4, -0.2) is 24.1 Å². The van der Waals surface area contributed by atoms with Crippen molar-refractivity contribution < 1.29 is 0 Å². The van der Waals surface area contributed by atoms with Crippen molar-refractivity contribution in [1.29, 1.82) is 0 Å². The molecule has 98 valence electrons. The quantitative estimate of drug-likeness (QED) is 0.825. The van der Waals surface area contributed by atoms with Gasteiger partial charge in [-0.2, -0.15) is 11.8 Å². The Bertz CT molecular complexity index is 295. The van der Waals surface area contributed by atoms with Gasteiger partial charge in [-0.1, -0.05) is 20.8 Å². The van der Waals surface area contributed by atoms with Gasteiger partial charge in [-0.3, -0.25) is 0 Å². The summed E-state index contributed by atoms with van der Waals surface area (Å²) in [7, 11) is 0. The summed E-state index contributed by atoms with van der Waals surface area (Å²) in [6.45, 7) is 8.84. The summed E-state index contributed by atoms with van der Waals surface area (Å²) < 4.78 is 0. The molecule has 3 fully saturated rings. The van der Waals surface area contributed by atoms with Gasteiger partial charge in [0.15, 0.2) is 0 Å². The van der Waals surface area contributed by atoms with Crippen LogP contribution in [0.5, 0.6) is 0 Å². The molecule has 4 atom stereocenters. The van der Waals surface area contributed by atoms with Crippen molar-refractivity contribution in [3.8, 4) is 0 Å². The zero-order chi connectivity index (χ0) is 12.1. The Morgan fingerprint density at radius 2 is 2.06 bits per heavy atom. The van der Waals surface area contributed by atoms with Crippen LogP contribution in [0.3, 0.4) is 0 Å². The van der Waals surface area contributed by atoms with Gasteiger partial charge in [-0.15, -0.1) is 0 Å². The first-order valence-corrected chi connectivity index (χ1v) is 8.50. The minimum Gasteiger partial charge on any atom is -0.313 e. The highest BCUT2D eigenvalue weighted by Gasteiger charge is 2.60. The summed E-state index contributed by atoms with van der Waals surface area (Å²) in [6.07, 6.45) is 5.79. The van der Waals surface area contributed by atoms with Crippen LogP contribution in [0.1, 0.15) is 46.5 Å². The second-order valence-corrected chi connectivity index (χ2v) is 8.45. The predicted octanol–water partition coefficient (Wildman–Crippen LogP) is 3.54. The molecule has 1 N–H and O–H groups in total. The lowest BCUT2D eigenvalue weighted by Crippen LogP contribution is -2.45. The molecule has 2 aliphatic carbocycles. The van der Waals surface area contributed by atoms with E-state index in [0.717, 1.165) is 17.9 Å². The second kappa shape index (κ2) is 4.16. The van der Waals surface area contributed by atoms with Crippen LogP contribution in [0.25, 0.3) is 0 Å². The van der Waals surface area contributed by atoms with E-state index in [0.29, 0.717) is 10.8 Å². The molecule has 0 radical (unpaired) electrons. The van der Waals surface area contributed by atoms with Crippen LogP contribution in [-0.2, 0) is 0 Å². The molecule has 2 heteroatoms. The molecule has 0 spiro atoms. The van der Waals surface area contributed by atoms with Crippen LogP contribution >= 0.6 is 11.8 Å². The molecule has 0 amide bonds. The third kappa shape index (κ3) is 1.78. The molecular formula is C15H27NS. The first kappa shape index (κ1) is 12.3. The second-order valence-electron chi connectivity index (χ2n) is 7.30. The monoisotopic (exact) mass is 253 g/mol. The van der Waals surface area contributed by atoms with E-state index in [1.54, 1.807) is 0 Å². The maximum Gasteiger partial charge on any atom is 0.0129 e. The first-order chi connectivity index (χ1) is 8.04. The van der Waals surface area contributed by atoms with Crippen molar-refractivity contribution in [2.45, 2.75) is 52.5 Å². The Morgan fingerprint density at radius 1 is 1.24 bits per heavy atom. The summed E-state index contributed by atoms with van der Waals surface area (Å²) in [6, 6.07) is 0.793. The van der Waals surface area contributed by atoms with E-state index in [1.807, 2.05) is 0 Å². The van der Waals surface area contributed by atoms with Crippen molar-refractivity contribution in [3.05, 3.63) is 0 Å². The van der Waals surface area contributed by atoms with E-state index in [2.05, 4.69) is 37.8 Å². The summed E-state index contributed by atoms with van der Waals surface area (Å²) in [5, 5.41) is 3.94. The minimum atomic E-state index is 0.559. The standard InChI is InChI=1S/C15H27NS/c1-14(2)12-4-6-15(14,3)13(8-12)16-9-11-5-7-17-10-11/h11-13,16H,4-10H2,1-3H3. The van der Waals surface area contributed by atoms with E-state index in [4.69, 9.17) is 0 Å². The summed E-state index contributed by atoms with van der Waals surface area (Å²) in [5.74, 6) is 4.71. The Balaban J connectivity index is 1.62. The lowest BCUT2D eigenvalue weighted by Gasteiger charge is -2.40. The molecule has 2 saturated carbocycles. The topological polar surface area (TPSA) is 12.0 Å². The largest absolute Gasteiger partial charge is 0.313 e. The van der Waals surface area contributed by atoms with Gasteiger partial charge in [0, 0.05) is 6.04 Å². The average Bonchev–Trinajstić information content (AvgIpc) is 2.91. The number of fused-ring (bicyclic) bond motifs is 2. The van der Waals surface area contributed by atoms with Crippen molar-refractivity contribution >= 4 is 11.8 Å². The molecule has 4 unspecified atom stereocenters. The molecule has 0 aromatic heterocycles. The Hall–Kier alpha value is 0.310. The average molecular weight is 253 g/mol. The molecule has 0 aromatic rings. The molecule has 1 saturated heterocycles. The van der Waals surface area contributed by atoms with E-state index >= 15 is 0 Å². The maximum atomic E-state index is 3.94. The molecule has 2 bridgehead atoms. The van der Waals surface area contributed by atoms with Crippen LogP contribution in [0, 0.1) is 22.7 Å². The zero-order valence-corrected chi connectivity index (χ0v) is 12.4. The number of thioether (sulfide) groups is 1. The van der Waals surface area contributed by atoms with Gasteiger partial charge in [0.2, 0.25) is 0 Å². The third-order valence-electron chi connectivity index (χ3n) is 6.47. The highest BCUT2D eigenvalue weighted by Crippen LogP contribution is 2.65. The molecular weight excluding hydrogens is 226 g/mol. The lowest BCUT2D eigenvalue weighted by molar-refractivity contribution is 0.119. The summed E-state index contributed by atoms with van der Waals surface area (Å²) in [4.78, 5) is 0. The first-order valence-electron chi connectivity index (χ1n) is 7.35. The van der Waals surface area contributed by atoms with E-state index in [1.165, 1.54) is 43.7 Å².